The molecule has 0 spiro atoms. The first kappa shape index (κ1) is 33.8. The van der Waals surface area contributed by atoms with Crippen molar-refractivity contribution in [2.45, 2.75) is 30.1 Å². The number of nitrogens with zero attached hydrogens (tertiary/aromatic N) is 2. The van der Waals surface area contributed by atoms with E-state index in [0.29, 0.717) is 26.5 Å². The summed E-state index contributed by atoms with van der Waals surface area (Å²) in [6.07, 6.45) is -4.85. The molecule has 0 bridgehead atoms. The molecule has 0 radical (unpaired) electrons. The van der Waals surface area contributed by atoms with Crippen LogP contribution in [0.5, 0.6) is 0 Å². The number of benzene rings is 4. The van der Waals surface area contributed by atoms with E-state index >= 15 is 0 Å². The lowest BCUT2D eigenvalue weighted by atomic mass is 10.0. The largest absolute Gasteiger partial charge is 0.417 e. The van der Waals surface area contributed by atoms with Crippen molar-refractivity contribution in [3.63, 3.8) is 0 Å². The molecule has 236 valence electrons. The van der Waals surface area contributed by atoms with E-state index in [-0.39, 0.29) is 17.9 Å². The van der Waals surface area contributed by atoms with Crippen LogP contribution in [0.15, 0.2) is 108 Å². The van der Waals surface area contributed by atoms with Crippen LogP contribution in [0, 0.1) is 0 Å². The Morgan fingerprint density at radius 1 is 0.844 bits per heavy atom. The van der Waals surface area contributed by atoms with Crippen LogP contribution >= 0.6 is 23.2 Å². The smallest absolute Gasteiger partial charge is 0.357 e. The number of carbonyl (C=O) groups is 2. The minimum absolute atomic E-state index is 0.0569. The van der Waals surface area contributed by atoms with Crippen molar-refractivity contribution in [2.75, 3.05) is 17.9 Å². The maximum atomic E-state index is 14.3. The zero-order valence-corrected chi connectivity index (χ0v) is 26.2. The van der Waals surface area contributed by atoms with Gasteiger partial charge in [-0.2, -0.15) is 13.2 Å². The summed E-state index contributed by atoms with van der Waals surface area (Å²) in [5, 5.41) is 2.21. The lowest BCUT2D eigenvalue weighted by Crippen LogP contribution is -2.53. The molecule has 0 heterocycles. The van der Waals surface area contributed by atoms with Crippen molar-refractivity contribution in [1.29, 1.82) is 0 Å². The average molecular weight is 679 g/mol. The molecule has 2 amide bonds. The summed E-state index contributed by atoms with van der Waals surface area (Å²) in [6.45, 7) is -1.14. The lowest BCUT2D eigenvalue weighted by Gasteiger charge is -2.34. The quantitative estimate of drug-likeness (QED) is 0.194. The van der Waals surface area contributed by atoms with Gasteiger partial charge in [0.15, 0.2) is 0 Å². The number of likely N-dealkylation sites (N-methyl/N-ethyl adjacent to an activating group) is 1. The number of carbonyl (C=O) groups excluding carboxylic acids is 2. The monoisotopic (exact) mass is 677 g/mol. The van der Waals surface area contributed by atoms with Gasteiger partial charge in [-0.15, -0.1) is 0 Å². The van der Waals surface area contributed by atoms with Crippen molar-refractivity contribution < 1.29 is 31.2 Å². The minimum Gasteiger partial charge on any atom is -0.357 e. The molecule has 13 heteroatoms. The summed E-state index contributed by atoms with van der Waals surface area (Å²) < 4.78 is 70.0. The van der Waals surface area contributed by atoms with Crippen LogP contribution < -0.4 is 9.62 Å². The first-order chi connectivity index (χ1) is 21.3. The summed E-state index contributed by atoms with van der Waals surface area (Å²) in [5.41, 5.74) is -0.536. The third-order valence-corrected chi connectivity index (χ3v) is 9.46. The van der Waals surface area contributed by atoms with Gasteiger partial charge in [-0.05, 0) is 47.5 Å². The topological polar surface area (TPSA) is 86.8 Å². The molecular formula is C32H28Cl2F3N3O4S. The van der Waals surface area contributed by atoms with Gasteiger partial charge < -0.3 is 10.2 Å². The van der Waals surface area contributed by atoms with E-state index in [1.807, 2.05) is 0 Å². The van der Waals surface area contributed by atoms with Crippen molar-refractivity contribution in [3.05, 3.63) is 130 Å². The van der Waals surface area contributed by atoms with Crippen molar-refractivity contribution >= 4 is 50.7 Å². The highest BCUT2D eigenvalue weighted by Gasteiger charge is 2.37. The van der Waals surface area contributed by atoms with Gasteiger partial charge in [0.2, 0.25) is 11.8 Å². The van der Waals surface area contributed by atoms with Crippen LogP contribution in [0.25, 0.3) is 0 Å². The number of sulfonamides is 1. The van der Waals surface area contributed by atoms with E-state index in [0.717, 1.165) is 12.1 Å². The summed E-state index contributed by atoms with van der Waals surface area (Å²) >= 11 is 12.2. The molecule has 7 nitrogen and oxygen atoms in total. The molecule has 0 saturated carbocycles. The number of hydrogen-bond acceptors (Lipinski definition) is 4. The normalized spacial score (nSPS) is 12.3. The summed E-state index contributed by atoms with van der Waals surface area (Å²) in [5.74, 6) is -1.40. The number of rotatable bonds is 11. The fourth-order valence-electron chi connectivity index (χ4n) is 4.66. The zero-order valence-electron chi connectivity index (χ0n) is 23.8. The molecule has 4 aromatic carbocycles. The van der Waals surface area contributed by atoms with Crippen LogP contribution in [0.1, 0.15) is 16.7 Å². The standard InChI is InChI=1S/C32H28Cl2F3N3O4S/c1-38-31(42)29(18-22-10-4-2-5-11-22)39(20-23-12-8-9-15-27(23)33)30(41)21-40(45(43,44)25-13-6-3-7-14-25)24-16-17-28(34)26(19-24)32(35,36)37/h2-17,19,29H,18,20-21H2,1H3,(H,38,42)/t29-/m0/s1. The molecule has 1 N–H and O–H groups in total. The number of anilines is 1. The maximum absolute atomic E-state index is 14.3. The van der Waals surface area contributed by atoms with E-state index in [2.05, 4.69) is 5.32 Å². The fraction of sp³-hybridized carbons (Fsp3) is 0.188. The number of amides is 2. The van der Waals surface area contributed by atoms with Gasteiger partial charge in [0.05, 0.1) is 21.2 Å². The predicted molar refractivity (Wildman–Crippen MR) is 167 cm³/mol. The van der Waals surface area contributed by atoms with Crippen LogP contribution in [-0.2, 0) is 38.8 Å². The van der Waals surface area contributed by atoms with Crippen LogP contribution in [0.3, 0.4) is 0 Å². The Hall–Kier alpha value is -4.06. The van der Waals surface area contributed by atoms with E-state index in [4.69, 9.17) is 23.2 Å². The highest BCUT2D eigenvalue weighted by atomic mass is 35.5. The number of hydrogen-bond donors (Lipinski definition) is 1. The third kappa shape index (κ3) is 8.16. The third-order valence-electron chi connectivity index (χ3n) is 6.97. The van der Waals surface area contributed by atoms with Gasteiger partial charge in [-0.1, -0.05) is 89.9 Å². The molecule has 0 aliphatic heterocycles. The van der Waals surface area contributed by atoms with Crippen LogP contribution in [-0.4, -0.2) is 44.8 Å². The van der Waals surface area contributed by atoms with Gasteiger partial charge in [-0.25, -0.2) is 8.42 Å². The second kappa shape index (κ2) is 14.4. The Morgan fingerprint density at radius 3 is 2.04 bits per heavy atom. The number of alkyl halides is 3. The molecule has 0 aliphatic carbocycles. The zero-order chi connectivity index (χ0) is 32.8. The number of halogens is 5. The molecule has 0 aromatic heterocycles. The fourth-order valence-corrected chi connectivity index (χ4v) is 6.51. The van der Waals surface area contributed by atoms with Crippen molar-refractivity contribution in [1.82, 2.24) is 10.2 Å². The SMILES string of the molecule is CNC(=O)[C@H](Cc1ccccc1)N(Cc1ccccc1Cl)C(=O)CN(c1ccc(Cl)c(C(F)(F)F)c1)S(=O)(=O)c1ccccc1. The van der Waals surface area contributed by atoms with E-state index < -0.39 is 56.9 Å². The van der Waals surface area contributed by atoms with Crippen LogP contribution in [0.2, 0.25) is 10.0 Å². The lowest BCUT2D eigenvalue weighted by molar-refractivity contribution is -0.139. The van der Waals surface area contributed by atoms with Gasteiger partial charge in [0.1, 0.15) is 12.6 Å². The molecule has 0 fully saturated rings. The average Bonchev–Trinajstić information content (AvgIpc) is 3.02. The Labute approximate surface area is 269 Å². The number of nitrogens with one attached hydrogen (secondary N) is 1. The molecule has 0 aliphatic rings. The Bertz CT molecular complexity index is 1760. The molecule has 0 unspecified atom stereocenters. The summed E-state index contributed by atoms with van der Waals surface area (Å²) in [6, 6.07) is 23.9. The minimum atomic E-state index is -4.91. The molecule has 4 rings (SSSR count). The van der Waals surface area contributed by atoms with E-state index in [9.17, 15) is 31.2 Å². The highest BCUT2D eigenvalue weighted by molar-refractivity contribution is 7.92. The first-order valence-corrected chi connectivity index (χ1v) is 15.8. The molecule has 0 saturated heterocycles. The first-order valence-electron chi connectivity index (χ1n) is 13.6. The van der Waals surface area contributed by atoms with Crippen molar-refractivity contribution in [2.24, 2.45) is 0 Å². The Kier molecular flexibility index (Phi) is 10.8. The van der Waals surface area contributed by atoms with Gasteiger partial charge >= 0.3 is 6.18 Å². The predicted octanol–water partition coefficient (Wildman–Crippen LogP) is 6.59. The summed E-state index contributed by atoms with van der Waals surface area (Å²) in [7, 11) is -3.20. The van der Waals surface area contributed by atoms with E-state index in [1.54, 1.807) is 60.7 Å². The Morgan fingerprint density at radius 2 is 1.44 bits per heavy atom. The van der Waals surface area contributed by atoms with Gasteiger partial charge in [-0.3, -0.25) is 13.9 Å². The van der Waals surface area contributed by atoms with Crippen molar-refractivity contribution in [3.8, 4) is 0 Å². The molecular weight excluding hydrogens is 650 g/mol. The molecule has 45 heavy (non-hydrogen) atoms. The van der Waals surface area contributed by atoms with Gasteiger partial charge in [0, 0.05) is 25.0 Å². The van der Waals surface area contributed by atoms with Crippen LogP contribution in [0.4, 0.5) is 18.9 Å². The maximum Gasteiger partial charge on any atom is 0.417 e. The van der Waals surface area contributed by atoms with E-state index in [1.165, 1.54) is 36.2 Å². The second-order valence-electron chi connectivity index (χ2n) is 9.92. The second-order valence-corrected chi connectivity index (χ2v) is 12.6. The highest BCUT2D eigenvalue weighted by Crippen LogP contribution is 2.38. The summed E-state index contributed by atoms with van der Waals surface area (Å²) in [4.78, 5) is 28.5. The molecule has 4 aromatic rings. The Balaban J connectivity index is 1.85. The van der Waals surface area contributed by atoms with Gasteiger partial charge in [0.25, 0.3) is 10.0 Å². The molecule has 1 atom stereocenters.